The zero-order valence-electron chi connectivity index (χ0n) is 8.32. The maximum absolute atomic E-state index is 4.80. The zero-order valence-corrected chi connectivity index (χ0v) is 8.32. The molecule has 0 aliphatic rings. The maximum atomic E-state index is 4.80. The first kappa shape index (κ1) is 9.18. The van der Waals surface area contributed by atoms with Crippen LogP contribution >= 0.6 is 0 Å². The minimum Gasteiger partial charge on any atom is -0.305 e. The summed E-state index contributed by atoms with van der Waals surface area (Å²) in [5.41, 5.74) is 5.13. The van der Waals surface area contributed by atoms with Gasteiger partial charge in [0.25, 0.3) is 0 Å². The van der Waals surface area contributed by atoms with Gasteiger partial charge in [0.1, 0.15) is 0 Å². The van der Waals surface area contributed by atoms with Crippen LogP contribution in [0, 0.1) is 0 Å². The van der Waals surface area contributed by atoms with Crippen LogP contribution in [0.15, 0.2) is 24.4 Å². The molecule has 0 amide bonds. The van der Waals surface area contributed by atoms with Crippen molar-refractivity contribution >= 4 is 10.9 Å². The van der Waals surface area contributed by atoms with Gasteiger partial charge in [-0.25, -0.2) is 0 Å². The molecule has 0 radical (unpaired) electrons. The van der Waals surface area contributed by atoms with Crippen molar-refractivity contribution < 1.29 is 4.84 Å². The monoisotopic (exact) mass is 191 g/mol. The highest BCUT2D eigenvalue weighted by Gasteiger charge is 2.00. The summed E-state index contributed by atoms with van der Waals surface area (Å²) in [6.45, 7) is 0.706. The van der Waals surface area contributed by atoms with Crippen LogP contribution in [0.1, 0.15) is 5.56 Å². The molecule has 1 heterocycles. The zero-order chi connectivity index (χ0) is 9.97. The molecule has 0 fully saturated rings. The average molecular weight is 191 g/mol. The Morgan fingerprint density at radius 3 is 3.14 bits per heavy atom. The Balaban J connectivity index is 2.34. The number of hydrogen-bond acceptors (Lipinski definition) is 3. The van der Waals surface area contributed by atoms with Crippen LogP contribution < -0.4 is 5.48 Å². The van der Waals surface area contributed by atoms with Crippen LogP contribution in [0.25, 0.3) is 10.9 Å². The van der Waals surface area contributed by atoms with E-state index < -0.39 is 0 Å². The largest absolute Gasteiger partial charge is 0.305 e. The van der Waals surface area contributed by atoms with Crippen molar-refractivity contribution in [2.75, 3.05) is 7.11 Å². The third-order valence-electron chi connectivity index (χ3n) is 2.23. The van der Waals surface area contributed by atoms with E-state index in [0.717, 1.165) is 10.9 Å². The predicted octanol–water partition coefficient (Wildman–Crippen LogP) is 1.22. The fourth-order valence-corrected chi connectivity index (χ4v) is 1.46. The van der Waals surface area contributed by atoms with E-state index in [-0.39, 0.29) is 0 Å². The van der Waals surface area contributed by atoms with Crippen LogP contribution in [0.4, 0.5) is 0 Å². The van der Waals surface area contributed by atoms with E-state index in [4.69, 9.17) is 4.84 Å². The summed E-state index contributed by atoms with van der Waals surface area (Å²) in [5, 5.41) is 5.34. The van der Waals surface area contributed by atoms with Gasteiger partial charge in [-0.15, -0.1) is 0 Å². The first-order valence-corrected chi connectivity index (χ1v) is 4.48. The smallest absolute Gasteiger partial charge is 0.0682 e. The molecule has 2 aromatic rings. The number of benzene rings is 1. The highest BCUT2D eigenvalue weighted by Crippen LogP contribution is 2.14. The van der Waals surface area contributed by atoms with Crippen molar-refractivity contribution in [1.82, 2.24) is 15.3 Å². The molecule has 1 aromatic heterocycles. The summed E-state index contributed by atoms with van der Waals surface area (Å²) in [5.74, 6) is 0. The van der Waals surface area contributed by atoms with Gasteiger partial charge in [0, 0.05) is 19.0 Å². The Morgan fingerprint density at radius 2 is 2.36 bits per heavy atom. The Morgan fingerprint density at radius 1 is 1.50 bits per heavy atom. The Labute approximate surface area is 82.4 Å². The van der Waals surface area contributed by atoms with Gasteiger partial charge in [0.15, 0.2) is 0 Å². The highest BCUT2D eigenvalue weighted by atomic mass is 16.6. The molecule has 4 heteroatoms. The number of rotatable bonds is 3. The van der Waals surface area contributed by atoms with Crippen molar-refractivity contribution in [3.05, 3.63) is 30.0 Å². The Bertz CT molecular complexity index is 436. The van der Waals surface area contributed by atoms with E-state index in [0.29, 0.717) is 6.54 Å². The Kier molecular flexibility index (Phi) is 2.47. The lowest BCUT2D eigenvalue weighted by atomic mass is 10.2. The van der Waals surface area contributed by atoms with E-state index in [1.54, 1.807) is 7.11 Å². The van der Waals surface area contributed by atoms with Crippen LogP contribution in [-0.4, -0.2) is 16.9 Å². The fraction of sp³-hybridized carbons (Fsp3) is 0.300. The molecule has 0 bridgehead atoms. The minimum atomic E-state index is 0.706. The van der Waals surface area contributed by atoms with Crippen molar-refractivity contribution in [1.29, 1.82) is 0 Å². The Hall–Kier alpha value is -1.39. The van der Waals surface area contributed by atoms with E-state index in [1.165, 1.54) is 5.56 Å². The number of nitrogens with zero attached hydrogens (tertiary/aromatic N) is 2. The van der Waals surface area contributed by atoms with Crippen LogP contribution in [0.3, 0.4) is 0 Å². The SMILES string of the molecule is CONCc1ccc2cnn(C)c2c1. The standard InChI is InChI=1S/C10H13N3O/c1-13-10-5-8(6-12-14-2)3-4-9(10)7-11-13/h3-5,7,12H,6H2,1-2H3. The summed E-state index contributed by atoms with van der Waals surface area (Å²) < 4.78 is 1.87. The maximum Gasteiger partial charge on any atom is 0.0682 e. The minimum absolute atomic E-state index is 0.706. The highest BCUT2D eigenvalue weighted by molar-refractivity contribution is 5.79. The van der Waals surface area contributed by atoms with Gasteiger partial charge in [0.05, 0.1) is 18.8 Å². The molecule has 0 unspecified atom stereocenters. The molecular weight excluding hydrogens is 178 g/mol. The van der Waals surface area contributed by atoms with Gasteiger partial charge in [-0.2, -0.15) is 10.6 Å². The van der Waals surface area contributed by atoms with Gasteiger partial charge in [-0.05, 0) is 11.6 Å². The van der Waals surface area contributed by atoms with Gasteiger partial charge < -0.3 is 4.84 Å². The summed E-state index contributed by atoms with van der Waals surface area (Å²) in [7, 11) is 3.55. The van der Waals surface area contributed by atoms with Crippen LogP contribution in [-0.2, 0) is 18.4 Å². The molecule has 14 heavy (non-hydrogen) atoms. The second-order valence-electron chi connectivity index (χ2n) is 3.19. The molecule has 0 aliphatic heterocycles. The normalized spacial score (nSPS) is 11.0. The number of fused-ring (bicyclic) bond motifs is 1. The molecule has 4 nitrogen and oxygen atoms in total. The second kappa shape index (κ2) is 3.77. The third kappa shape index (κ3) is 1.62. The first-order chi connectivity index (χ1) is 6.81. The first-order valence-electron chi connectivity index (χ1n) is 4.48. The van der Waals surface area contributed by atoms with Crippen molar-refractivity contribution in [3.63, 3.8) is 0 Å². The van der Waals surface area contributed by atoms with E-state index in [9.17, 15) is 0 Å². The third-order valence-corrected chi connectivity index (χ3v) is 2.23. The number of nitrogens with one attached hydrogen (secondary N) is 1. The predicted molar refractivity (Wildman–Crippen MR) is 54.6 cm³/mol. The molecule has 0 spiro atoms. The quantitative estimate of drug-likeness (QED) is 0.741. The molecule has 1 N–H and O–H groups in total. The number of aryl methyl sites for hydroxylation is 1. The number of hydroxylamine groups is 1. The van der Waals surface area contributed by atoms with Gasteiger partial charge in [0.2, 0.25) is 0 Å². The summed E-state index contributed by atoms with van der Waals surface area (Å²) >= 11 is 0. The van der Waals surface area contributed by atoms with E-state index in [1.807, 2.05) is 17.9 Å². The summed E-state index contributed by atoms with van der Waals surface area (Å²) in [4.78, 5) is 4.80. The molecular formula is C10H13N3O. The molecule has 0 aliphatic carbocycles. The lowest BCUT2D eigenvalue weighted by Gasteiger charge is -2.02. The fourth-order valence-electron chi connectivity index (χ4n) is 1.46. The molecule has 1 aromatic carbocycles. The van der Waals surface area contributed by atoms with Gasteiger partial charge in [-0.3, -0.25) is 4.68 Å². The molecule has 2 rings (SSSR count). The second-order valence-corrected chi connectivity index (χ2v) is 3.19. The van der Waals surface area contributed by atoms with E-state index >= 15 is 0 Å². The topological polar surface area (TPSA) is 39.1 Å². The van der Waals surface area contributed by atoms with Crippen molar-refractivity contribution in [2.24, 2.45) is 7.05 Å². The van der Waals surface area contributed by atoms with Crippen molar-refractivity contribution in [3.8, 4) is 0 Å². The summed E-state index contributed by atoms with van der Waals surface area (Å²) in [6.07, 6.45) is 1.86. The molecule has 74 valence electrons. The molecule has 0 saturated carbocycles. The molecule has 0 saturated heterocycles. The lowest BCUT2D eigenvalue weighted by molar-refractivity contribution is 0.0867. The van der Waals surface area contributed by atoms with Gasteiger partial charge in [-0.1, -0.05) is 12.1 Å². The summed E-state index contributed by atoms with van der Waals surface area (Å²) in [6, 6.07) is 6.24. The van der Waals surface area contributed by atoms with Crippen molar-refractivity contribution in [2.45, 2.75) is 6.54 Å². The van der Waals surface area contributed by atoms with Gasteiger partial charge >= 0.3 is 0 Å². The van der Waals surface area contributed by atoms with Crippen LogP contribution in [0.2, 0.25) is 0 Å². The average Bonchev–Trinajstić information content (AvgIpc) is 2.57. The van der Waals surface area contributed by atoms with Crippen LogP contribution in [0.5, 0.6) is 0 Å². The number of aromatic nitrogens is 2. The van der Waals surface area contributed by atoms with E-state index in [2.05, 4.69) is 28.8 Å². The number of hydrogen-bond donors (Lipinski definition) is 1. The molecule has 0 atom stereocenters. The lowest BCUT2D eigenvalue weighted by Crippen LogP contribution is -2.10.